The molecular formula is C25H27N3O2S. The minimum Gasteiger partial charge on any atom is -0.310 e. The molecule has 1 amide bonds. The van der Waals surface area contributed by atoms with E-state index >= 15 is 0 Å². The summed E-state index contributed by atoms with van der Waals surface area (Å²) in [6.07, 6.45) is 4.88. The molecule has 2 aromatic rings. The van der Waals surface area contributed by atoms with Crippen molar-refractivity contribution in [3.63, 3.8) is 0 Å². The van der Waals surface area contributed by atoms with Gasteiger partial charge in [-0.25, -0.2) is 4.98 Å². The van der Waals surface area contributed by atoms with Crippen molar-refractivity contribution < 1.29 is 9.59 Å². The molecule has 2 aliphatic rings. The van der Waals surface area contributed by atoms with Gasteiger partial charge in [0.1, 0.15) is 5.82 Å². The Balaban J connectivity index is 1.79. The number of allylic oxidation sites excluding steroid dienone is 2. The maximum Gasteiger partial charge on any atom is 0.235 e. The zero-order chi connectivity index (χ0) is 22.2. The van der Waals surface area contributed by atoms with E-state index in [1.54, 1.807) is 30.1 Å². The van der Waals surface area contributed by atoms with Crippen molar-refractivity contribution in [1.29, 1.82) is 0 Å². The van der Waals surface area contributed by atoms with E-state index in [2.05, 4.69) is 24.1 Å². The number of carbonyl (C=O) groups excluding carboxylic acids is 2. The van der Waals surface area contributed by atoms with Crippen LogP contribution in [0.2, 0.25) is 0 Å². The highest BCUT2D eigenvalue weighted by Crippen LogP contribution is 2.48. The number of benzene rings is 1. The van der Waals surface area contributed by atoms with Gasteiger partial charge in [0, 0.05) is 40.4 Å². The molecule has 5 nitrogen and oxygen atoms in total. The fourth-order valence-corrected chi connectivity index (χ4v) is 5.01. The van der Waals surface area contributed by atoms with Gasteiger partial charge in [-0.15, -0.1) is 11.8 Å². The first-order valence-corrected chi connectivity index (χ1v) is 11.7. The molecule has 0 saturated carbocycles. The summed E-state index contributed by atoms with van der Waals surface area (Å²) in [6, 6.07) is 13.6. The van der Waals surface area contributed by atoms with Gasteiger partial charge < -0.3 is 5.32 Å². The van der Waals surface area contributed by atoms with Crippen LogP contribution < -0.4 is 5.32 Å². The average molecular weight is 434 g/mol. The Morgan fingerprint density at radius 1 is 1.13 bits per heavy atom. The third-order valence-electron chi connectivity index (χ3n) is 5.98. The molecular weight excluding hydrogens is 406 g/mol. The fraction of sp³-hybridized carbons (Fsp3) is 0.360. The number of pyridine rings is 1. The van der Waals surface area contributed by atoms with Crippen LogP contribution in [0.1, 0.15) is 45.1 Å². The molecule has 1 aromatic carbocycles. The van der Waals surface area contributed by atoms with Crippen molar-refractivity contribution in [3.8, 4) is 0 Å². The van der Waals surface area contributed by atoms with Gasteiger partial charge in [-0.1, -0.05) is 32.0 Å². The summed E-state index contributed by atoms with van der Waals surface area (Å²) < 4.78 is 0. The molecule has 0 saturated heterocycles. The Kier molecular flexibility index (Phi) is 5.84. The summed E-state index contributed by atoms with van der Waals surface area (Å²) in [7, 11) is 0. The minimum atomic E-state index is -0.564. The van der Waals surface area contributed by atoms with E-state index < -0.39 is 5.92 Å². The minimum absolute atomic E-state index is 0.0945. The molecule has 1 N–H and O–H groups in total. The number of aliphatic imine (C=N–C) groups is 1. The maximum atomic E-state index is 13.4. The van der Waals surface area contributed by atoms with Crippen molar-refractivity contribution in [3.05, 3.63) is 65.5 Å². The van der Waals surface area contributed by atoms with Crippen molar-refractivity contribution in [2.45, 2.75) is 44.4 Å². The summed E-state index contributed by atoms with van der Waals surface area (Å²) in [5, 5.41) is 2.92. The Labute approximate surface area is 187 Å². The number of ketones is 1. The van der Waals surface area contributed by atoms with E-state index in [1.165, 1.54) is 0 Å². The van der Waals surface area contributed by atoms with Crippen molar-refractivity contribution >= 4 is 35.0 Å². The highest BCUT2D eigenvalue weighted by molar-refractivity contribution is 7.98. The lowest BCUT2D eigenvalue weighted by atomic mass is 9.66. The molecule has 2 atom stereocenters. The molecule has 31 heavy (non-hydrogen) atoms. The first-order valence-electron chi connectivity index (χ1n) is 10.5. The summed E-state index contributed by atoms with van der Waals surface area (Å²) in [6.45, 7) is 6.09. The van der Waals surface area contributed by atoms with Crippen LogP contribution in [-0.2, 0) is 9.59 Å². The predicted octanol–water partition coefficient (Wildman–Crippen LogP) is 5.26. The zero-order valence-corrected chi connectivity index (χ0v) is 19.1. The lowest BCUT2D eigenvalue weighted by Gasteiger charge is -2.39. The number of hydrogen-bond donors (Lipinski definition) is 1. The number of Topliss-reactive ketones (excluding diaryl/α,β-unsaturated/α-hetero) is 1. The van der Waals surface area contributed by atoms with Crippen LogP contribution in [0.4, 0.5) is 5.82 Å². The third kappa shape index (κ3) is 4.35. The molecule has 2 unspecified atom stereocenters. The maximum absolute atomic E-state index is 13.4. The van der Waals surface area contributed by atoms with Crippen LogP contribution in [0.25, 0.3) is 0 Å². The number of thioether (sulfide) groups is 1. The van der Waals surface area contributed by atoms with Gasteiger partial charge in [-0.2, -0.15) is 0 Å². The van der Waals surface area contributed by atoms with Gasteiger partial charge in [-0.05, 0) is 54.8 Å². The molecule has 1 aliphatic heterocycles. The van der Waals surface area contributed by atoms with Crippen molar-refractivity contribution in [1.82, 2.24) is 4.98 Å². The largest absolute Gasteiger partial charge is 0.310 e. The first-order chi connectivity index (χ1) is 14.8. The van der Waals surface area contributed by atoms with Crippen LogP contribution in [0.15, 0.2) is 69.8 Å². The number of carbonyl (C=O) groups is 2. The summed E-state index contributed by atoms with van der Waals surface area (Å²) in [5.41, 5.74) is 3.10. The standard InChI is InChI=1S/C25H27N3O2S/c1-15-21(24(30)28-20-7-5-6-12-26-20)22(16-8-10-17(31-4)11-9-16)23-18(27-15)13-25(2,3)14-19(23)29/h5-12,21-22H,13-14H2,1-4H3,(H,26,28,30). The van der Waals surface area contributed by atoms with Crippen molar-refractivity contribution in [2.75, 3.05) is 11.6 Å². The third-order valence-corrected chi connectivity index (χ3v) is 6.72. The van der Waals surface area contributed by atoms with E-state index in [-0.39, 0.29) is 23.0 Å². The molecule has 2 heterocycles. The molecule has 0 radical (unpaired) electrons. The fourth-order valence-electron chi connectivity index (χ4n) is 4.60. The molecule has 6 heteroatoms. The number of rotatable bonds is 4. The Morgan fingerprint density at radius 2 is 1.87 bits per heavy atom. The van der Waals surface area contributed by atoms with E-state index in [9.17, 15) is 9.59 Å². The smallest absolute Gasteiger partial charge is 0.235 e. The highest BCUT2D eigenvalue weighted by atomic mass is 32.2. The normalized spacial score (nSPS) is 22.6. The first kappa shape index (κ1) is 21.5. The van der Waals surface area contributed by atoms with Gasteiger partial charge in [-0.3, -0.25) is 14.6 Å². The van der Waals surface area contributed by atoms with Gasteiger partial charge in [0.25, 0.3) is 0 Å². The molecule has 1 aromatic heterocycles. The molecule has 4 rings (SSSR count). The van der Waals surface area contributed by atoms with E-state index in [1.807, 2.05) is 43.5 Å². The number of hydrogen-bond acceptors (Lipinski definition) is 5. The Bertz CT molecular complexity index is 1070. The van der Waals surface area contributed by atoms with Crippen LogP contribution in [0, 0.1) is 11.3 Å². The van der Waals surface area contributed by atoms with E-state index in [0.29, 0.717) is 17.8 Å². The predicted molar refractivity (Wildman–Crippen MR) is 125 cm³/mol. The van der Waals surface area contributed by atoms with Gasteiger partial charge in [0.2, 0.25) is 5.91 Å². The second-order valence-corrected chi connectivity index (χ2v) is 9.87. The number of amides is 1. The lowest BCUT2D eigenvalue weighted by molar-refractivity contribution is -0.119. The van der Waals surface area contributed by atoms with Crippen LogP contribution in [0.3, 0.4) is 0 Å². The van der Waals surface area contributed by atoms with Gasteiger partial charge in [0.15, 0.2) is 5.78 Å². The topological polar surface area (TPSA) is 71.4 Å². The van der Waals surface area contributed by atoms with E-state index in [4.69, 9.17) is 4.99 Å². The average Bonchev–Trinajstić information content (AvgIpc) is 2.72. The Morgan fingerprint density at radius 3 is 2.52 bits per heavy atom. The Hall–Kier alpha value is -2.73. The molecule has 0 bridgehead atoms. The molecule has 1 aliphatic carbocycles. The second kappa shape index (κ2) is 8.42. The molecule has 0 fully saturated rings. The summed E-state index contributed by atoms with van der Waals surface area (Å²) in [5.74, 6) is -0.519. The monoisotopic (exact) mass is 433 g/mol. The number of nitrogens with one attached hydrogen (secondary N) is 1. The SMILES string of the molecule is CSc1ccc(C2C3=C(CC(C)(C)CC3=O)N=C(C)C2C(=O)Nc2ccccn2)cc1. The van der Waals surface area contributed by atoms with Crippen LogP contribution in [0.5, 0.6) is 0 Å². The second-order valence-electron chi connectivity index (χ2n) is 8.99. The van der Waals surface area contributed by atoms with Crippen molar-refractivity contribution in [2.24, 2.45) is 16.3 Å². The zero-order valence-electron chi connectivity index (χ0n) is 18.3. The van der Waals surface area contributed by atoms with Crippen LogP contribution in [-0.4, -0.2) is 28.6 Å². The summed E-state index contributed by atoms with van der Waals surface area (Å²) >= 11 is 1.67. The van der Waals surface area contributed by atoms with Gasteiger partial charge >= 0.3 is 0 Å². The van der Waals surface area contributed by atoms with E-state index in [0.717, 1.165) is 28.3 Å². The number of anilines is 1. The molecule has 160 valence electrons. The summed E-state index contributed by atoms with van der Waals surface area (Å²) in [4.78, 5) is 36.9. The molecule has 0 spiro atoms. The highest BCUT2D eigenvalue weighted by Gasteiger charge is 2.45. The number of aromatic nitrogens is 1. The lowest BCUT2D eigenvalue weighted by Crippen LogP contribution is -2.41. The van der Waals surface area contributed by atoms with Crippen LogP contribution >= 0.6 is 11.8 Å². The quantitative estimate of drug-likeness (QED) is 0.668. The van der Waals surface area contributed by atoms with Gasteiger partial charge in [0.05, 0.1) is 5.92 Å². The number of nitrogens with zero attached hydrogens (tertiary/aromatic N) is 2.